The highest BCUT2D eigenvalue weighted by Gasteiger charge is 2.53. The van der Waals surface area contributed by atoms with Gasteiger partial charge in [-0.2, -0.15) is 0 Å². The summed E-state index contributed by atoms with van der Waals surface area (Å²) in [5.41, 5.74) is 1.11. The first-order chi connectivity index (χ1) is 10.1. The van der Waals surface area contributed by atoms with Crippen LogP contribution in [0.15, 0.2) is 35.4 Å². The first-order valence-corrected chi connectivity index (χ1v) is 7.62. The maximum absolute atomic E-state index is 12.0. The number of ether oxygens (including phenoxy) is 2. The van der Waals surface area contributed by atoms with Crippen molar-refractivity contribution in [3.8, 4) is 5.75 Å². The van der Waals surface area contributed by atoms with Crippen molar-refractivity contribution in [1.29, 1.82) is 0 Å². The molecule has 0 saturated carbocycles. The summed E-state index contributed by atoms with van der Waals surface area (Å²) >= 11 is 7.22. The molecule has 0 radical (unpaired) electrons. The van der Waals surface area contributed by atoms with Crippen LogP contribution in [0, 0.1) is 0 Å². The van der Waals surface area contributed by atoms with Gasteiger partial charge in [0.2, 0.25) is 5.91 Å². The standard InChI is InChI=1S/C14H12ClNO4S/c1-19-9-4-2-8(3-5-9)6-20-14(18)10-7-21-13-11(15)12(17)16(10)13/h2-5,7,11,13H,6H2,1H3/t11?,13-/m1/s1. The topological polar surface area (TPSA) is 55.8 Å². The predicted octanol–water partition coefficient (Wildman–Crippen LogP) is 2.10. The number of halogens is 1. The van der Waals surface area contributed by atoms with E-state index in [1.807, 2.05) is 12.1 Å². The van der Waals surface area contributed by atoms with Crippen molar-refractivity contribution in [3.05, 3.63) is 40.9 Å². The molecule has 0 spiro atoms. The summed E-state index contributed by atoms with van der Waals surface area (Å²) in [5, 5.41) is 0.891. The predicted molar refractivity (Wildman–Crippen MR) is 78.7 cm³/mol. The van der Waals surface area contributed by atoms with Gasteiger partial charge < -0.3 is 9.47 Å². The smallest absolute Gasteiger partial charge is 0.355 e. The van der Waals surface area contributed by atoms with E-state index in [0.29, 0.717) is 0 Å². The molecule has 0 aromatic heterocycles. The van der Waals surface area contributed by atoms with E-state index in [-0.39, 0.29) is 23.6 Å². The van der Waals surface area contributed by atoms with Crippen LogP contribution in [0.2, 0.25) is 0 Å². The third kappa shape index (κ3) is 2.49. The highest BCUT2D eigenvalue weighted by Crippen LogP contribution is 2.43. The van der Waals surface area contributed by atoms with Crippen molar-refractivity contribution in [2.75, 3.05) is 7.11 Å². The van der Waals surface area contributed by atoms with Gasteiger partial charge in [-0.1, -0.05) is 12.1 Å². The van der Waals surface area contributed by atoms with Crippen LogP contribution < -0.4 is 4.74 Å². The number of thioether (sulfide) groups is 1. The van der Waals surface area contributed by atoms with E-state index in [1.54, 1.807) is 24.7 Å². The molecule has 1 unspecified atom stereocenters. The number of alkyl halides is 1. The fourth-order valence-electron chi connectivity index (χ4n) is 2.10. The van der Waals surface area contributed by atoms with E-state index >= 15 is 0 Å². The van der Waals surface area contributed by atoms with Crippen molar-refractivity contribution in [1.82, 2.24) is 4.90 Å². The van der Waals surface area contributed by atoms with Crippen LogP contribution in [0.3, 0.4) is 0 Å². The molecule has 1 aromatic carbocycles. The second kappa shape index (κ2) is 5.61. The molecule has 0 bridgehead atoms. The maximum Gasteiger partial charge on any atom is 0.355 e. The zero-order valence-electron chi connectivity index (χ0n) is 11.1. The molecule has 1 saturated heterocycles. The average Bonchev–Trinajstić information content (AvgIpc) is 2.93. The number of carbonyl (C=O) groups excluding carboxylic acids is 2. The molecule has 21 heavy (non-hydrogen) atoms. The summed E-state index contributed by atoms with van der Waals surface area (Å²) in [7, 11) is 1.59. The Morgan fingerprint density at radius 3 is 2.76 bits per heavy atom. The van der Waals surface area contributed by atoms with Crippen molar-refractivity contribution in [2.24, 2.45) is 0 Å². The Labute approximate surface area is 130 Å². The average molecular weight is 326 g/mol. The van der Waals surface area contributed by atoms with Crippen LogP contribution in [0.4, 0.5) is 0 Å². The lowest BCUT2D eigenvalue weighted by Crippen LogP contribution is -2.58. The summed E-state index contributed by atoms with van der Waals surface area (Å²) in [6.45, 7) is 0.141. The maximum atomic E-state index is 12.0. The van der Waals surface area contributed by atoms with Gasteiger partial charge in [-0.15, -0.1) is 23.4 Å². The summed E-state index contributed by atoms with van der Waals surface area (Å²) in [5.74, 6) is -0.0285. The zero-order chi connectivity index (χ0) is 15.0. The van der Waals surface area contributed by atoms with Gasteiger partial charge in [0.05, 0.1) is 7.11 Å². The number of amides is 1. The molecular weight excluding hydrogens is 314 g/mol. The number of benzene rings is 1. The molecule has 2 heterocycles. The van der Waals surface area contributed by atoms with E-state index in [4.69, 9.17) is 21.1 Å². The van der Waals surface area contributed by atoms with E-state index < -0.39 is 11.3 Å². The molecule has 5 nitrogen and oxygen atoms in total. The number of β-lactam (4-membered cyclic amide) rings is 1. The van der Waals surface area contributed by atoms with Crippen LogP contribution in [0.1, 0.15) is 5.56 Å². The van der Waals surface area contributed by atoms with Crippen LogP contribution in [-0.4, -0.2) is 34.6 Å². The number of methoxy groups -OCH3 is 1. The molecule has 2 atom stereocenters. The van der Waals surface area contributed by atoms with E-state index in [9.17, 15) is 9.59 Å². The molecule has 2 aliphatic rings. The number of carbonyl (C=O) groups is 2. The second-order valence-electron chi connectivity index (χ2n) is 4.56. The SMILES string of the molecule is COc1ccc(COC(=O)C2=CS[C@@H]3C(Cl)C(=O)N23)cc1. The van der Waals surface area contributed by atoms with Crippen molar-refractivity contribution < 1.29 is 19.1 Å². The molecule has 1 aromatic rings. The van der Waals surface area contributed by atoms with Crippen LogP contribution in [0.25, 0.3) is 0 Å². The Hall–Kier alpha value is -1.66. The lowest BCUT2D eigenvalue weighted by Gasteiger charge is -2.38. The number of rotatable bonds is 4. The van der Waals surface area contributed by atoms with Gasteiger partial charge in [0.1, 0.15) is 28.8 Å². The van der Waals surface area contributed by atoms with Gasteiger partial charge >= 0.3 is 5.97 Å². The third-order valence-corrected chi connectivity index (χ3v) is 4.99. The van der Waals surface area contributed by atoms with Gasteiger partial charge in [-0.25, -0.2) is 4.79 Å². The van der Waals surface area contributed by atoms with Crippen molar-refractivity contribution >= 4 is 35.2 Å². The minimum Gasteiger partial charge on any atom is -0.497 e. The van der Waals surface area contributed by atoms with Crippen LogP contribution >= 0.6 is 23.4 Å². The first-order valence-electron chi connectivity index (χ1n) is 6.24. The Morgan fingerprint density at radius 2 is 2.10 bits per heavy atom. The normalized spacial score (nSPS) is 23.2. The second-order valence-corrected chi connectivity index (χ2v) is 6.02. The molecule has 1 fully saturated rings. The molecule has 110 valence electrons. The van der Waals surface area contributed by atoms with Gasteiger partial charge in [-0.3, -0.25) is 9.69 Å². The zero-order valence-corrected chi connectivity index (χ0v) is 12.7. The molecule has 7 heteroatoms. The van der Waals surface area contributed by atoms with Crippen molar-refractivity contribution in [3.63, 3.8) is 0 Å². The monoisotopic (exact) mass is 325 g/mol. The third-order valence-electron chi connectivity index (χ3n) is 3.29. The summed E-state index contributed by atoms with van der Waals surface area (Å²) in [4.78, 5) is 25.0. The Kier molecular flexibility index (Phi) is 3.82. The molecular formula is C14H12ClNO4S. The molecule has 3 rings (SSSR count). The van der Waals surface area contributed by atoms with Crippen LogP contribution in [0.5, 0.6) is 5.75 Å². The molecule has 2 aliphatic heterocycles. The number of esters is 1. The van der Waals surface area contributed by atoms with E-state index in [0.717, 1.165) is 11.3 Å². The first kappa shape index (κ1) is 14.3. The summed E-state index contributed by atoms with van der Waals surface area (Å²) in [6.07, 6.45) is 0. The van der Waals surface area contributed by atoms with Gasteiger partial charge in [0, 0.05) is 5.41 Å². The lowest BCUT2D eigenvalue weighted by atomic mass is 10.1. The van der Waals surface area contributed by atoms with E-state index in [1.165, 1.54) is 16.7 Å². The fraction of sp³-hybridized carbons (Fsp3) is 0.286. The van der Waals surface area contributed by atoms with Gasteiger partial charge in [-0.05, 0) is 17.7 Å². The quantitative estimate of drug-likeness (QED) is 0.482. The summed E-state index contributed by atoms with van der Waals surface area (Å²) in [6, 6.07) is 7.22. The number of hydrogen-bond donors (Lipinski definition) is 0. The highest BCUT2D eigenvalue weighted by molar-refractivity contribution is 8.03. The number of fused-ring (bicyclic) bond motifs is 1. The van der Waals surface area contributed by atoms with Crippen LogP contribution in [-0.2, 0) is 20.9 Å². The van der Waals surface area contributed by atoms with Gasteiger partial charge in [0.25, 0.3) is 0 Å². The largest absolute Gasteiger partial charge is 0.497 e. The number of hydrogen-bond acceptors (Lipinski definition) is 5. The molecule has 1 amide bonds. The highest BCUT2D eigenvalue weighted by atomic mass is 35.5. The van der Waals surface area contributed by atoms with Crippen molar-refractivity contribution in [2.45, 2.75) is 17.4 Å². The molecule has 0 N–H and O–H groups in total. The Morgan fingerprint density at radius 1 is 1.38 bits per heavy atom. The number of nitrogens with zero attached hydrogens (tertiary/aromatic N) is 1. The van der Waals surface area contributed by atoms with E-state index in [2.05, 4.69) is 0 Å². The summed E-state index contributed by atoms with van der Waals surface area (Å²) < 4.78 is 10.3. The Balaban J connectivity index is 1.58. The Bertz CT molecular complexity index is 616. The van der Waals surface area contributed by atoms with Gasteiger partial charge in [0.15, 0.2) is 0 Å². The fourth-order valence-corrected chi connectivity index (χ4v) is 3.56. The minimum atomic E-state index is -0.557. The minimum absolute atomic E-state index is 0.141. The molecule has 0 aliphatic carbocycles. The lowest BCUT2D eigenvalue weighted by molar-refractivity contribution is -0.149.